The second kappa shape index (κ2) is 7.47. The van der Waals surface area contributed by atoms with Crippen molar-refractivity contribution in [2.24, 2.45) is 0 Å². The minimum atomic E-state index is 0.0115. The first kappa shape index (κ1) is 17.6. The lowest BCUT2D eigenvalue weighted by Crippen LogP contribution is -2.49. The van der Waals surface area contributed by atoms with Gasteiger partial charge in [0.25, 0.3) is 5.91 Å². The zero-order chi connectivity index (χ0) is 18.9. The summed E-state index contributed by atoms with van der Waals surface area (Å²) in [6.45, 7) is 3.85. The van der Waals surface area contributed by atoms with Crippen molar-refractivity contribution in [3.8, 4) is 5.75 Å². The number of hydrogen-bond acceptors (Lipinski definition) is 6. The molecule has 0 spiro atoms. The summed E-state index contributed by atoms with van der Waals surface area (Å²) in [7, 11) is 0. The van der Waals surface area contributed by atoms with E-state index < -0.39 is 0 Å². The van der Waals surface area contributed by atoms with Crippen molar-refractivity contribution in [1.82, 2.24) is 10.1 Å². The fourth-order valence-corrected chi connectivity index (χ4v) is 4.30. The zero-order valence-corrected chi connectivity index (χ0v) is 16.0. The Morgan fingerprint density at radius 1 is 1.04 bits per heavy atom. The van der Waals surface area contributed by atoms with Gasteiger partial charge in [-0.1, -0.05) is 17.6 Å². The number of aryl methyl sites for hydroxylation is 1. The van der Waals surface area contributed by atoms with Crippen LogP contribution >= 0.6 is 0 Å². The van der Waals surface area contributed by atoms with E-state index in [1.54, 1.807) is 0 Å². The number of ether oxygens (including phenoxy) is 2. The minimum absolute atomic E-state index is 0.0115. The molecule has 1 fully saturated rings. The van der Waals surface area contributed by atoms with Gasteiger partial charge in [0.1, 0.15) is 11.5 Å². The molecule has 5 rings (SSSR count). The van der Waals surface area contributed by atoms with Crippen LogP contribution in [0.1, 0.15) is 46.6 Å². The lowest BCUT2D eigenvalue weighted by molar-refractivity contribution is -0.0163. The summed E-state index contributed by atoms with van der Waals surface area (Å²) >= 11 is 0. The van der Waals surface area contributed by atoms with E-state index in [0.717, 1.165) is 67.1 Å². The fourth-order valence-electron chi connectivity index (χ4n) is 4.30. The monoisotopic (exact) mass is 383 g/mol. The third-order valence-electron chi connectivity index (χ3n) is 5.94. The van der Waals surface area contributed by atoms with Gasteiger partial charge in [0.15, 0.2) is 12.5 Å². The number of anilines is 1. The molecule has 3 heterocycles. The number of carbonyl (C=O) groups is 1. The average molecular weight is 383 g/mol. The molecule has 0 saturated carbocycles. The third-order valence-corrected chi connectivity index (χ3v) is 5.94. The van der Waals surface area contributed by atoms with Gasteiger partial charge < -0.3 is 23.8 Å². The van der Waals surface area contributed by atoms with Crippen molar-refractivity contribution < 1.29 is 18.8 Å². The molecule has 1 aromatic carbocycles. The molecular weight excluding hydrogens is 358 g/mol. The van der Waals surface area contributed by atoms with E-state index in [1.807, 2.05) is 4.90 Å². The van der Waals surface area contributed by atoms with Crippen LogP contribution in [0.2, 0.25) is 0 Å². The number of amides is 1. The van der Waals surface area contributed by atoms with Gasteiger partial charge in [-0.3, -0.25) is 4.79 Å². The molecule has 2 aromatic rings. The van der Waals surface area contributed by atoms with Gasteiger partial charge >= 0.3 is 0 Å². The molecule has 3 aliphatic rings. The molecule has 1 aliphatic carbocycles. The number of rotatable bonds is 2. The van der Waals surface area contributed by atoms with Crippen LogP contribution in [0.5, 0.6) is 5.75 Å². The molecule has 28 heavy (non-hydrogen) atoms. The number of benzene rings is 1. The molecule has 148 valence electrons. The molecule has 1 aromatic heterocycles. The SMILES string of the molecule is O=C(c1noc2c1CCCCC2)N1CCN(c2ccc3c(c2)OCOC3)CC1. The molecule has 2 aliphatic heterocycles. The Bertz CT molecular complexity index is 871. The summed E-state index contributed by atoms with van der Waals surface area (Å²) < 4.78 is 16.4. The first-order chi connectivity index (χ1) is 13.8. The van der Waals surface area contributed by atoms with Crippen molar-refractivity contribution in [2.45, 2.75) is 38.7 Å². The van der Waals surface area contributed by atoms with Crippen molar-refractivity contribution in [2.75, 3.05) is 37.9 Å². The number of fused-ring (bicyclic) bond motifs is 2. The topological polar surface area (TPSA) is 68.0 Å². The highest BCUT2D eigenvalue weighted by molar-refractivity contribution is 5.94. The summed E-state index contributed by atoms with van der Waals surface area (Å²) in [6, 6.07) is 6.24. The van der Waals surface area contributed by atoms with E-state index in [1.165, 1.54) is 6.42 Å². The van der Waals surface area contributed by atoms with Gasteiger partial charge in [-0.05, 0) is 25.3 Å². The van der Waals surface area contributed by atoms with E-state index in [0.29, 0.717) is 32.2 Å². The smallest absolute Gasteiger partial charge is 0.276 e. The molecular formula is C21H25N3O4. The van der Waals surface area contributed by atoms with Crippen molar-refractivity contribution >= 4 is 11.6 Å². The number of aromatic nitrogens is 1. The van der Waals surface area contributed by atoms with Gasteiger partial charge in [-0.2, -0.15) is 0 Å². The van der Waals surface area contributed by atoms with E-state index in [-0.39, 0.29) is 5.91 Å². The van der Waals surface area contributed by atoms with Crippen LogP contribution in [0.3, 0.4) is 0 Å². The number of piperazine rings is 1. The van der Waals surface area contributed by atoms with Gasteiger partial charge in [0.05, 0.1) is 6.61 Å². The largest absolute Gasteiger partial charge is 0.467 e. The maximum Gasteiger partial charge on any atom is 0.276 e. The van der Waals surface area contributed by atoms with E-state index in [4.69, 9.17) is 14.0 Å². The molecule has 0 unspecified atom stereocenters. The summed E-state index contributed by atoms with van der Waals surface area (Å²) in [4.78, 5) is 17.2. The highest BCUT2D eigenvalue weighted by atomic mass is 16.7. The average Bonchev–Trinajstić information content (AvgIpc) is 3.01. The molecule has 0 radical (unpaired) electrons. The first-order valence-corrected chi connectivity index (χ1v) is 10.1. The lowest BCUT2D eigenvalue weighted by Gasteiger charge is -2.36. The van der Waals surface area contributed by atoms with Crippen molar-refractivity contribution in [3.63, 3.8) is 0 Å². The summed E-state index contributed by atoms with van der Waals surface area (Å²) in [5.41, 5.74) is 3.78. The summed E-state index contributed by atoms with van der Waals surface area (Å²) in [5, 5.41) is 4.13. The predicted octanol–water partition coefficient (Wildman–Crippen LogP) is 2.77. The van der Waals surface area contributed by atoms with Gasteiger partial charge in [0.2, 0.25) is 0 Å². The minimum Gasteiger partial charge on any atom is -0.467 e. The highest BCUT2D eigenvalue weighted by Crippen LogP contribution is 2.30. The summed E-state index contributed by atoms with van der Waals surface area (Å²) in [6.07, 6.45) is 5.21. The Hall–Kier alpha value is -2.54. The number of nitrogens with zero attached hydrogens (tertiary/aromatic N) is 3. The van der Waals surface area contributed by atoms with E-state index in [9.17, 15) is 4.79 Å². The van der Waals surface area contributed by atoms with Crippen LogP contribution in [0.4, 0.5) is 5.69 Å². The van der Waals surface area contributed by atoms with E-state index >= 15 is 0 Å². The Labute approximate surface area is 164 Å². The molecule has 7 heteroatoms. The molecule has 1 saturated heterocycles. The maximum atomic E-state index is 13.0. The standard InChI is InChI=1S/C21H25N3O4/c25-21(20-17-4-2-1-3-5-18(17)28-22-20)24-10-8-23(9-11-24)16-7-6-15-13-26-14-27-19(15)12-16/h6-7,12H,1-5,8-11,13-14H2. The lowest BCUT2D eigenvalue weighted by atomic mass is 10.1. The van der Waals surface area contributed by atoms with Crippen LogP contribution in [-0.4, -0.2) is 48.9 Å². The van der Waals surface area contributed by atoms with Gasteiger partial charge in [-0.25, -0.2) is 0 Å². The van der Waals surface area contributed by atoms with Crippen molar-refractivity contribution in [1.29, 1.82) is 0 Å². The first-order valence-electron chi connectivity index (χ1n) is 10.1. The molecule has 0 atom stereocenters. The predicted molar refractivity (Wildman–Crippen MR) is 103 cm³/mol. The summed E-state index contributed by atoms with van der Waals surface area (Å²) in [5.74, 6) is 1.82. The Balaban J connectivity index is 1.26. The highest BCUT2D eigenvalue weighted by Gasteiger charge is 2.29. The Morgan fingerprint density at radius 3 is 2.79 bits per heavy atom. The normalized spacial score (nSPS) is 19.4. The number of hydrogen-bond donors (Lipinski definition) is 0. The molecule has 7 nitrogen and oxygen atoms in total. The van der Waals surface area contributed by atoms with Crippen LogP contribution in [0, 0.1) is 0 Å². The van der Waals surface area contributed by atoms with Gasteiger partial charge in [0, 0.05) is 55.5 Å². The van der Waals surface area contributed by atoms with Crippen LogP contribution in [0.25, 0.3) is 0 Å². The quantitative estimate of drug-likeness (QED) is 0.743. The maximum absolute atomic E-state index is 13.0. The van der Waals surface area contributed by atoms with Crippen LogP contribution < -0.4 is 9.64 Å². The second-order valence-electron chi connectivity index (χ2n) is 7.68. The zero-order valence-electron chi connectivity index (χ0n) is 16.0. The molecule has 1 amide bonds. The fraction of sp³-hybridized carbons (Fsp3) is 0.524. The molecule has 0 N–H and O–H groups in total. The third kappa shape index (κ3) is 3.24. The number of carbonyl (C=O) groups excluding carboxylic acids is 1. The Kier molecular flexibility index (Phi) is 4.68. The van der Waals surface area contributed by atoms with E-state index in [2.05, 4.69) is 28.3 Å². The molecule has 0 bridgehead atoms. The van der Waals surface area contributed by atoms with Crippen LogP contribution in [-0.2, 0) is 24.2 Å². The second-order valence-corrected chi connectivity index (χ2v) is 7.68. The van der Waals surface area contributed by atoms with Crippen LogP contribution in [0.15, 0.2) is 22.7 Å². The van der Waals surface area contributed by atoms with Crippen molar-refractivity contribution in [3.05, 3.63) is 40.8 Å². The van der Waals surface area contributed by atoms with Gasteiger partial charge in [-0.15, -0.1) is 0 Å². The Morgan fingerprint density at radius 2 is 1.89 bits per heavy atom.